The number of nitrogen functional groups attached to an aromatic ring is 1. The molecule has 82 valence electrons. The number of nitrogens with two attached hydrogens (primary N) is 1. The van der Waals surface area contributed by atoms with Crippen LogP contribution in [0, 0.1) is 0 Å². The molecule has 0 saturated carbocycles. The average molecular weight is 281 g/mol. The highest BCUT2D eigenvalue weighted by atomic mass is 79.9. The van der Waals surface area contributed by atoms with Crippen molar-refractivity contribution in [2.75, 3.05) is 12.8 Å². The predicted octanol–water partition coefficient (Wildman–Crippen LogP) is 2.37. The second kappa shape index (κ2) is 4.09. The number of rotatable bonds is 1. The SMILES string of the molecule is COC(=O)c1cc2ccc(Br)cc2c(N)n1. The summed E-state index contributed by atoms with van der Waals surface area (Å²) in [7, 11) is 1.31. The van der Waals surface area contributed by atoms with Crippen molar-refractivity contribution in [3.05, 3.63) is 34.4 Å². The number of esters is 1. The van der Waals surface area contributed by atoms with Crippen LogP contribution >= 0.6 is 15.9 Å². The zero-order chi connectivity index (χ0) is 11.7. The highest BCUT2D eigenvalue weighted by Gasteiger charge is 2.10. The third-order valence-corrected chi connectivity index (χ3v) is 2.71. The number of methoxy groups -OCH3 is 1. The molecule has 0 aliphatic rings. The van der Waals surface area contributed by atoms with Crippen molar-refractivity contribution in [1.29, 1.82) is 0 Å². The molecule has 0 radical (unpaired) electrons. The number of ether oxygens (including phenoxy) is 1. The van der Waals surface area contributed by atoms with Crippen LogP contribution in [-0.4, -0.2) is 18.1 Å². The summed E-state index contributed by atoms with van der Waals surface area (Å²) in [6, 6.07) is 7.26. The number of aromatic nitrogens is 1. The van der Waals surface area contributed by atoms with Crippen LogP contribution in [0.4, 0.5) is 5.82 Å². The zero-order valence-corrected chi connectivity index (χ0v) is 10.1. The maximum Gasteiger partial charge on any atom is 0.356 e. The highest BCUT2D eigenvalue weighted by Crippen LogP contribution is 2.24. The fourth-order valence-corrected chi connectivity index (χ4v) is 1.82. The Morgan fingerprint density at radius 3 is 2.88 bits per heavy atom. The molecule has 0 aliphatic carbocycles. The molecule has 2 N–H and O–H groups in total. The molecule has 0 aliphatic heterocycles. The van der Waals surface area contributed by atoms with Crippen molar-refractivity contribution in [1.82, 2.24) is 4.98 Å². The normalized spacial score (nSPS) is 10.4. The molecule has 0 saturated heterocycles. The van der Waals surface area contributed by atoms with E-state index in [1.54, 1.807) is 6.07 Å². The van der Waals surface area contributed by atoms with Crippen molar-refractivity contribution >= 4 is 38.5 Å². The first-order chi connectivity index (χ1) is 7.61. The van der Waals surface area contributed by atoms with Gasteiger partial charge in [-0.25, -0.2) is 9.78 Å². The molecule has 4 nitrogen and oxygen atoms in total. The molecule has 0 amide bonds. The van der Waals surface area contributed by atoms with E-state index in [0.29, 0.717) is 5.82 Å². The van der Waals surface area contributed by atoms with Crippen LogP contribution < -0.4 is 5.73 Å². The summed E-state index contributed by atoms with van der Waals surface area (Å²) in [6.07, 6.45) is 0. The Hall–Kier alpha value is -1.62. The zero-order valence-electron chi connectivity index (χ0n) is 8.53. The average Bonchev–Trinajstić information content (AvgIpc) is 2.28. The molecule has 0 fully saturated rings. The van der Waals surface area contributed by atoms with Crippen molar-refractivity contribution < 1.29 is 9.53 Å². The second-order valence-corrected chi connectivity index (χ2v) is 4.17. The number of benzene rings is 1. The number of hydrogen-bond donors (Lipinski definition) is 1. The van der Waals surface area contributed by atoms with E-state index in [2.05, 4.69) is 25.7 Å². The van der Waals surface area contributed by atoms with E-state index in [1.165, 1.54) is 7.11 Å². The van der Waals surface area contributed by atoms with Crippen LogP contribution in [0.5, 0.6) is 0 Å². The lowest BCUT2D eigenvalue weighted by molar-refractivity contribution is 0.0594. The quantitative estimate of drug-likeness (QED) is 0.815. The maximum absolute atomic E-state index is 11.3. The van der Waals surface area contributed by atoms with E-state index in [4.69, 9.17) is 5.73 Å². The lowest BCUT2D eigenvalue weighted by atomic mass is 10.1. The van der Waals surface area contributed by atoms with Crippen LogP contribution in [-0.2, 0) is 4.74 Å². The largest absolute Gasteiger partial charge is 0.464 e. The lowest BCUT2D eigenvalue weighted by Crippen LogP contribution is -2.06. The summed E-state index contributed by atoms with van der Waals surface area (Å²) in [4.78, 5) is 15.3. The van der Waals surface area contributed by atoms with Gasteiger partial charge >= 0.3 is 5.97 Å². The summed E-state index contributed by atoms with van der Waals surface area (Å²) >= 11 is 3.35. The van der Waals surface area contributed by atoms with Gasteiger partial charge in [0, 0.05) is 9.86 Å². The number of fused-ring (bicyclic) bond motifs is 1. The lowest BCUT2D eigenvalue weighted by Gasteiger charge is -2.05. The standard InChI is InChI=1S/C11H9BrN2O2/c1-16-11(15)9-4-6-2-3-7(12)5-8(6)10(13)14-9/h2-5H,1H3,(H2,13,14). The number of halogens is 1. The fourth-order valence-electron chi connectivity index (χ4n) is 1.45. The predicted molar refractivity (Wildman–Crippen MR) is 65.2 cm³/mol. The topological polar surface area (TPSA) is 65.2 Å². The number of carbonyl (C=O) groups is 1. The van der Waals surface area contributed by atoms with E-state index in [-0.39, 0.29) is 5.69 Å². The summed E-state index contributed by atoms with van der Waals surface area (Å²) in [5.74, 6) is -0.171. The number of carbonyl (C=O) groups excluding carboxylic acids is 1. The fraction of sp³-hybridized carbons (Fsp3) is 0.0909. The Labute approximate surface area is 101 Å². The second-order valence-electron chi connectivity index (χ2n) is 3.25. The van der Waals surface area contributed by atoms with Crippen LogP contribution in [0.15, 0.2) is 28.7 Å². The van der Waals surface area contributed by atoms with Crippen LogP contribution in [0.3, 0.4) is 0 Å². The summed E-state index contributed by atoms with van der Waals surface area (Å²) < 4.78 is 5.51. The molecule has 0 spiro atoms. The van der Waals surface area contributed by atoms with Gasteiger partial charge in [0.05, 0.1) is 7.11 Å². The first-order valence-electron chi connectivity index (χ1n) is 4.56. The Morgan fingerprint density at radius 2 is 2.19 bits per heavy atom. The minimum atomic E-state index is -0.489. The van der Waals surface area contributed by atoms with Gasteiger partial charge in [-0.05, 0) is 23.6 Å². The molecule has 0 atom stereocenters. The van der Waals surface area contributed by atoms with Gasteiger partial charge in [0.1, 0.15) is 5.82 Å². The van der Waals surface area contributed by atoms with Crippen molar-refractivity contribution in [2.45, 2.75) is 0 Å². The van der Waals surface area contributed by atoms with Gasteiger partial charge in [-0.2, -0.15) is 0 Å². The number of pyridine rings is 1. The summed E-state index contributed by atoms with van der Waals surface area (Å²) in [5.41, 5.74) is 6.00. The molecule has 2 aromatic rings. The van der Waals surface area contributed by atoms with Gasteiger partial charge in [0.2, 0.25) is 0 Å². The van der Waals surface area contributed by atoms with Gasteiger partial charge in [0.25, 0.3) is 0 Å². The first kappa shape index (κ1) is 10.9. The molecule has 0 unspecified atom stereocenters. The van der Waals surface area contributed by atoms with Crippen LogP contribution in [0.2, 0.25) is 0 Å². The molecule has 1 aromatic heterocycles. The smallest absolute Gasteiger partial charge is 0.356 e. The van der Waals surface area contributed by atoms with Crippen molar-refractivity contribution in [2.24, 2.45) is 0 Å². The molecule has 5 heteroatoms. The molecule has 1 aromatic carbocycles. The minimum Gasteiger partial charge on any atom is -0.464 e. The number of hydrogen-bond acceptors (Lipinski definition) is 4. The van der Waals surface area contributed by atoms with E-state index >= 15 is 0 Å². The van der Waals surface area contributed by atoms with E-state index in [9.17, 15) is 4.79 Å². The maximum atomic E-state index is 11.3. The molecule has 1 heterocycles. The van der Waals surface area contributed by atoms with E-state index in [0.717, 1.165) is 15.2 Å². The van der Waals surface area contributed by atoms with Crippen molar-refractivity contribution in [3.8, 4) is 0 Å². The van der Waals surface area contributed by atoms with Crippen LogP contribution in [0.25, 0.3) is 10.8 Å². The molecular formula is C11H9BrN2O2. The molecule has 2 rings (SSSR count). The Morgan fingerprint density at radius 1 is 1.44 bits per heavy atom. The number of anilines is 1. The molecule has 16 heavy (non-hydrogen) atoms. The van der Waals surface area contributed by atoms with Gasteiger partial charge in [-0.3, -0.25) is 0 Å². The highest BCUT2D eigenvalue weighted by molar-refractivity contribution is 9.10. The van der Waals surface area contributed by atoms with Gasteiger partial charge < -0.3 is 10.5 Å². The van der Waals surface area contributed by atoms with Gasteiger partial charge in [-0.1, -0.05) is 22.0 Å². The summed E-state index contributed by atoms with van der Waals surface area (Å²) in [5, 5.41) is 1.66. The third-order valence-electron chi connectivity index (χ3n) is 2.22. The number of nitrogens with zero attached hydrogens (tertiary/aromatic N) is 1. The van der Waals surface area contributed by atoms with Gasteiger partial charge in [-0.15, -0.1) is 0 Å². The van der Waals surface area contributed by atoms with Gasteiger partial charge in [0.15, 0.2) is 5.69 Å². The molecular weight excluding hydrogens is 272 g/mol. The van der Waals surface area contributed by atoms with Crippen LogP contribution in [0.1, 0.15) is 10.5 Å². The Kier molecular flexibility index (Phi) is 2.78. The third kappa shape index (κ3) is 1.86. The minimum absolute atomic E-state index is 0.217. The van der Waals surface area contributed by atoms with Crippen molar-refractivity contribution in [3.63, 3.8) is 0 Å². The Balaban J connectivity index is 2.68. The first-order valence-corrected chi connectivity index (χ1v) is 5.35. The van der Waals surface area contributed by atoms with E-state index < -0.39 is 5.97 Å². The van der Waals surface area contributed by atoms with E-state index in [1.807, 2.05) is 18.2 Å². The monoisotopic (exact) mass is 280 g/mol. The summed E-state index contributed by atoms with van der Waals surface area (Å²) in [6.45, 7) is 0. The Bertz CT molecular complexity index is 569. The molecule has 0 bridgehead atoms.